The fraction of sp³-hybridized carbons (Fsp3) is 0.316. The number of hydrogen-bond donors (Lipinski definition) is 0. The Balaban J connectivity index is 2.35. The van der Waals surface area contributed by atoms with Gasteiger partial charge in [-0.3, -0.25) is 20.2 Å². The number of nitro benzene ring substituents is 2. The van der Waals surface area contributed by atoms with Crippen molar-refractivity contribution in [2.75, 3.05) is 13.2 Å². The van der Waals surface area contributed by atoms with E-state index in [0.717, 1.165) is 0 Å². The van der Waals surface area contributed by atoms with Crippen LogP contribution in [0.5, 0.6) is 11.5 Å². The molecule has 0 saturated carbocycles. The number of nitro groups is 2. The Morgan fingerprint density at radius 2 is 1.20 bits per heavy atom. The summed E-state index contributed by atoms with van der Waals surface area (Å²) in [5, 5.41) is 30.0. The third kappa shape index (κ3) is 5.32. The molecule has 2 aromatic carbocycles. The lowest BCUT2D eigenvalue weighted by Gasteiger charge is -2.36. The Labute approximate surface area is 211 Å². The number of rotatable bonds is 11. The topological polar surface area (TPSA) is 129 Å². The summed E-state index contributed by atoms with van der Waals surface area (Å²) in [5.41, 5.74) is -4.44. The normalized spacial score (nSPS) is 12.6. The lowest BCUT2D eigenvalue weighted by Crippen LogP contribution is -2.65. The Bertz CT molecular complexity index is 1370. The number of nitriles is 1. The van der Waals surface area contributed by atoms with E-state index < -0.39 is 98.5 Å². The maximum Gasteiger partial charge on any atom is 0.381 e. The molecule has 218 valence electrons. The second-order valence-electron chi connectivity index (χ2n) is 7.37. The van der Waals surface area contributed by atoms with Crippen LogP contribution in [0, 0.1) is 54.8 Å². The summed E-state index contributed by atoms with van der Waals surface area (Å²) in [5.74, 6) is -41.6. The van der Waals surface area contributed by atoms with Crippen LogP contribution < -0.4 is 9.47 Å². The highest BCUT2D eigenvalue weighted by atomic mass is 19.4. The van der Waals surface area contributed by atoms with E-state index in [2.05, 4.69) is 9.47 Å². The van der Waals surface area contributed by atoms with E-state index in [9.17, 15) is 72.9 Å². The minimum atomic E-state index is -7.18. The monoisotopic (exact) mass is 601 g/mol. The van der Waals surface area contributed by atoms with Gasteiger partial charge in [0.15, 0.2) is 36.3 Å². The number of hydrogen-bond acceptors (Lipinski definition) is 7. The molecule has 0 fully saturated rings. The minimum Gasteiger partial charge on any atom is -0.481 e. The number of non-ortho nitro benzene ring substituents is 1. The Morgan fingerprint density at radius 1 is 0.750 bits per heavy atom. The second kappa shape index (κ2) is 10.6. The first-order chi connectivity index (χ1) is 18.1. The van der Waals surface area contributed by atoms with Gasteiger partial charge in [0.25, 0.3) is 5.69 Å². The van der Waals surface area contributed by atoms with Gasteiger partial charge in [0.2, 0.25) is 11.6 Å². The van der Waals surface area contributed by atoms with E-state index in [1.54, 1.807) is 0 Å². The number of halogens is 12. The van der Waals surface area contributed by atoms with Crippen LogP contribution in [0.1, 0.15) is 5.56 Å². The molecule has 0 aliphatic carbocycles. The molecule has 0 radical (unpaired) electrons. The fourth-order valence-electron chi connectivity index (χ4n) is 2.69. The number of benzene rings is 2. The van der Waals surface area contributed by atoms with Gasteiger partial charge in [-0.1, -0.05) is 0 Å². The predicted octanol–water partition coefficient (Wildman–Crippen LogP) is 5.93. The average Bonchev–Trinajstić information content (AvgIpc) is 2.86. The summed E-state index contributed by atoms with van der Waals surface area (Å²) in [6.45, 7) is -6.24. The molecule has 0 N–H and O–H groups in total. The highest BCUT2D eigenvalue weighted by Crippen LogP contribution is 2.53. The first-order valence-electron chi connectivity index (χ1n) is 9.60. The van der Waals surface area contributed by atoms with Crippen LogP contribution in [-0.4, -0.2) is 46.8 Å². The molecule has 2 rings (SSSR count). The van der Waals surface area contributed by atoms with Crippen LogP contribution in [-0.2, 0) is 0 Å². The molecule has 21 heteroatoms. The van der Waals surface area contributed by atoms with Crippen molar-refractivity contribution < 1.29 is 72.0 Å². The van der Waals surface area contributed by atoms with Crippen LogP contribution in [0.15, 0.2) is 18.2 Å². The number of nitrogens with zero attached hydrogens (tertiary/aromatic N) is 3. The van der Waals surface area contributed by atoms with Gasteiger partial charge in [-0.25, -0.2) is 8.78 Å². The largest absolute Gasteiger partial charge is 0.481 e. The van der Waals surface area contributed by atoms with Crippen molar-refractivity contribution in [1.29, 1.82) is 5.26 Å². The van der Waals surface area contributed by atoms with Gasteiger partial charge in [0, 0.05) is 6.07 Å². The van der Waals surface area contributed by atoms with Crippen LogP contribution in [0.3, 0.4) is 0 Å². The smallest absolute Gasteiger partial charge is 0.381 e. The fourth-order valence-corrected chi connectivity index (χ4v) is 2.69. The number of alkyl halides is 8. The molecule has 0 heterocycles. The first kappa shape index (κ1) is 31.7. The van der Waals surface area contributed by atoms with Gasteiger partial charge >= 0.3 is 29.4 Å². The van der Waals surface area contributed by atoms with Crippen LogP contribution in [0.4, 0.5) is 64.1 Å². The molecule has 0 saturated heterocycles. The summed E-state index contributed by atoms with van der Waals surface area (Å²) in [6, 6.07) is 1.38. The van der Waals surface area contributed by atoms with Crippen molar-refractivity contribution in [3.63, 3.8) is 0 Å². The van der Waals surface area contributed by atoms with Gasteiger partial charge < -0.3 is 9.47 Å². The summed E-state index contributed by atoms with van der Waals surface area (Å²) in [4.78, 5) is 18.9. The van der Waals surface area contributed by atoms with Gasteiger partial charge in [0.1, 0.15) is 11.6 Å². The SMILES string of the molecule is N#Cc1c(F)c(F)c(OCC(F)(F)C(F)(F)C(F)(F)C(F)(F)COc2ccc([N+](=O)[O-])cc2[N+](=O)[O-])c(F)c1F. The molecule has 0 unspecified atom stereocenters. The average molecular weight is 601 g/mol. The molecule has 0 aromatic heterocycles. The van der Waals surface area contributed by atoms with Crippen molar-refractivity contribution in [1.82, 2.24) is 0 Å². The van der Waals surface area contributed by atoms with E-state index in [1.165, 1.54) is 0 Å². The van der Waals surface area contributed by atoms with E-state index in [4.69, 9.17) is 5.26 Å². The van der Waals surface area contributed by atoms with Crippen LogP contribution >= 0.6 is 0 Å². The van der Waals surface area contributed by atoms with Crippen molar-refractivity contribution in [2.24, 2.45) is 0 Å². The summed E-state index contributed by atoms with van der Waals surface area (Å²) in [6.07, 6.45) is 0. The van der Waals surface area contributed by atoms with E-state index >= 15 is 0 Å². The predicted molar refractivity (Wildman–Crippen MR) is 102 cm³/mol. The minimum absolute atomic E-state index is 0.110. The van der Waals surface area contributed by atoms with Crippen LogP contribution in [0.25, 0.3) is 0 Å². The molecular formula is C19H7F12N3O6. The molecule has 2 aromatic rings. The van der Waals surface area contributed by atoms with Gasteiger partial charge in [-0.05, 0) is 6.07 Å². The van der Waals surface area contributed by atoms with Gasteiger partial charge in [-0.15, -0.1) is 0 Å². The highest BCUT2D eigenvalue weighted by molar-refractivity contribution is 5.53. The van der Waals surface area contributed by atoms with Crippen molar-refractivity contribution in [3.8, 4) is 17.6 Å². The Hall–Kier alpha value is -4.51. The molecule has 0 bridgehead atoms. The lowest BCUT2D eigenvalue weighted by atomic mass is 9.99. The molecule has 0 aliphatic heterocycles. The van der Waals surface area contributed by atoms with Crippen molar-refractivity contribution in [3.05, 3.63) is 67.3 Å². The van der Waals surface area contributed by atoms with Crippen LogP contribution in [0.2, 0.25) is 0 Å². The molecule has 0 amide bonds. The zero-order valence-electron chi connectivity index (χ0n) is 18.5. The number of ether oxygens (including phenoxy) is 2. The first-order valence-corrected chi connectivity index (χ1v) is 9.60. The zero-order valence-corrected chi connectivity index (χ0v) is 18.5. The Morgan fingerprint density at radius 3 is 1.60 bits per heavy atom. The molecular weight excluding hydrogens is 594 g/mol. The summed E-state index contributed by atoms with van der Waals surface area (Å²) in [7, 11) is 0. The summed E-state index contributed by atoms with van der Waals surface area (Å²) >= 11 is 0. The quantitative estimate of drug-likeness (QED) is 0.135. The highest BCUT2D eigenvalue weighted by Gasteiger charge is 2.81. The molecule has 9 nitrogen and oxygen atoms in total. The standard InChI is InChI=1S/C19H7F12N3O6/c20-11-8(4-32)12(21)14(23)15(13(11)22)40-6-17(26,27)19(30,31)18(28,29)16(24,25)5-39-10-2-1-7(33(35)36)3-9(10)34(37)38/h1-3H,5-6H2. The van der Waals surface area contributed by atoms with Crippen molar-refractivity contribution >= 4 is 11.4 Å². The Kier molecular flexibility index (Phi) is 8.38. The van der Waals surface area contributed by atoms with E-state index in [0.29, 0.717) is 12.1 Å². The van der Waals surface area contributed by atoms with Gasteiger partial charge in [0.05, 0.1) is 15.9 Å². The third-order valence-electron chi connectivity index (χ3n) is 4.80. The molecule has 0 spiro atoms. The summed E-state index contributed by atoms with van der Waals surface area (Å²) < 4.78 is 174. The molecule has 0 atom stereocenters. The lowest BCUT2D eigenvalue weighted by molar-refractivity contribution is -0.395. The van der Waals surface area contributed by atoms with Gasteiger partial charge in [-0.2, -0.15) is 49.2 Å². The molecule has 40 heavy (non-hydrogen) atoms. The third-order valence-corrected chi connectivity index (χ3v) is 4.80. The zero-order chi connectivity index (χ0) is 31.0. The second-order valence-corrected chi connectivity index (χ2v) is 7.37. The maximum absolute atomic E-state index is 14.1. The molecule has 0 aliphatic rings. The maximum atomic E-state index is 14.1. The van der Waals surface area contributed by atoms with Crippen molar-refractivity contribution in [2.45, 2.75) is 23.7 Å². The van der Waals surface area contributed by atoms with E-state index in [1.807, 2.05) is 0 Å². The van der Waals surface area contributed by atoms with E-state index in [-0.39, 0.29) is 12.1 Å².